The number of hydrogen-bond donors (Lipinski definition) is 2. The van der Waals surface area contributed by atoms with Gasteiger partial charge in [0, 0.05) is 26.6 Å². The zero-order chi connectivity index (χ0) is 14.5. The van der Waals surface area contributed by atoms with Crippen LogP contribution in [0.5, 0.6) is 0 Å². The van der Waals surface area contributed by atoms with Crippen LogP contribution in [0.1, 0.15) is 19.8 Å². The monoisotopic (exact) mass is 291 g/mol. The molecule has 0 bridgehead atoms. The van der Waals surface area contributed by atoms with Gasteiger partial charge in [0.1, 0.15) is 0 Å². The van der Waals surface area contributed by atoms with E-state index in [4.69, 9.17) is 0 Å². The summed E-state index contributed by atoms with van der Waals surface area (Å²) in [5, 5.41) is 2.47. The molecule has 1 rings (SSSR count). The van der Waals surface area contributed by atoms with E-state index in [1.807, 2.05) is 0 Å². The Morgan fingerprint density at radius 2 is 2.05 bits per heavy atom. The third-order valence-corrected chi connectivity index (χ3v) is 3.69. The molecule has 8 heteroatoms. The van der Waals surface area contributed by atoms with E-state index < -0.39 is 10.0 Å². The van der Waals surface area contributed by atoms with Gasteiger partial charge in [-0.3, -0.25) is 9.59 Å². The molecule has 19 heavy (non-hydrogen) atoms. The second-order valence-corrected chi connectivity index (χ2v) is 6.71. The predicted molar refractivity (Wildman–Crippen MR) is 70.8 cm³/mol. The maximum Gasteiger partial charge on any atom is 0.241 e. The van der Waals surface area contributed by atoms with Gasteiger partial charge in [-0.25, -0.2) is 13.1 Å². The molecule has 1 aliphatic rings. The van der Waals surface area contributed by atoms with Gasteiger partial charge < -0.3 is 10.2 Å². The Morgan fingerprint density at radius 3 is 2.63 bits per heavy atom. The van der Waals surface area contributed by atoms with E-state index >= 15 is 0 Å². The lowest BCUT2D eigenvalue weighted by Crippen LogP contribution is -2.46. The predicted octanol–water partition coefficient (Wildman–Crippen LogP) is -1.09. The summed E-state index contributed by atoms with van der Waals surface area (Å²) in [6.45, 7) is 2.90. The number of hydrogen-bond acceptors (Lipinski definition) is 4. The molecule has 0 unspecified atom stereocenters. The molecular formula is C11H21N3O4S. The molecule has 1 heterocycles. The molecule has 1 atom stereocenters. The highest BCUT2D eigenvalue weighted by Crippen LogP contribution is 2.15. The van der Waals surface area contributed by atoms with Crippen LogP contribution in [0.15, 0.2) is 0 Å². The Bertz CT molecular complexity index is 435. The van der Waals surface area contributed by atoms with Crippen molar-refractivity contribution in [3.05, 3.63) is 0 Å². The minimum absolute atomic E-state index is 0.00155. The summed E-state index contributed by atoms with van der Waals surface area (Å²) in [6.07, 6.45) is 2.86. The van der Waals surface area contributed by atoms with Crippen LogP contribution in [0.4, 0.5) is 0 Å². The molecule has 1 saturated heterocycles. The Balaban J connectivity index is 2.41. The van der Waals surface area contributed by atoms with Crippen molar-refractivity contribution in [3.63, 3.8) is 0 Å². The van der Waals surface area contributed by atoms with Gasteiger partial charge in [0.05, 0.1) is 12.8 Å². The molecule has 1 aliphatic heterocycles. The first-order valence-corrected chi connectivity index (χ1v) is 8.14. The second kappa shape index (κ2) is 6.85. The lowest BCUT2D eigenvalue weighted by atomic mass is 9.98. The molecule has 0 aromatic heterocycles. The molecule has 2 N–H and O–H groups in total. The fourth-order valence-electron chi connectivity index (χ4n) is 2.04. The number of carbonyl (C=O) groups excluding carboxylic acids is 2. The normalized spacial score (nSPS) is 20.1. The minimum atomic E-state index is -3.19. The van der Waals surface area contributed by atoms with Gasteiger partial charge >= 0.3 is 0 Å². The minimum Gasteiger partial charge on any atom is -0.347 e. The average Bonchev–Trinajstić information content (AvgIpc) is 2.33. The number of sulfonamides is 1. The maximum absolute atomic E-state index is 11.8. The van der Waals surface area contributed by atoms with Crippen molar-refractivity contribution in [2.24, 2.45) is 5.92 Å². The lowest BCUT2D eigenvalue weighted by Gasteiger charge is -2.32. The first kappa shape index (κ1) is 15.9. The van der Waals surface area contributed by atoms with Gasteiger partial charge in [0.15, 0.2) is 0 Å². The Labute approximate surface area is 113 Å². The maximum atomic E-state index is 11.8. The Morgan fingerprint density at radius 1 is 1.37 bits per heavy atom. The zero-order valence-corrected chi connectivity index (χ0v) is 12.1. The summed E-state index contributed by atoms with van der Waals surface area (Å²) in [5.41, 5.74) is 0. The van der Waals surface area contributed by atoms with Crippen molar-refractivity contribution in [1.82, 2.24) is 14.9 Å². The van der Waals surface area contributed by atoms with E-state index in [0.717, 1.165) is 19.1 Å². The summed E-state index contributed by atoms with van der Waals surface area (Å²) in [6, 6.07) is 0. The van der Waals surface area contributed by atoms with E-state index in [0.29, 0.717) is 19.6 Å². The number of nitrogens with one attached hydrogen (secondary N) is 2. The molecule has 0 aliphatic carbocycles. The van der Waals surface area contributed by atoms with E-state index in [2.05, 4.69) is 10.0 Å². The molecule has 0 spiro atoms. The van der Waals surface area contributed by atoms with Crippen LogP contribution in [0, 0.1) is 5.92 Å². The van der Waals surface area contributed by atoms with Crippen LogP contribution in [0.3, 0.4) is 0 Å². The molecule has 110 valence electrons. The fourth-order valence-corrected chi connectivity index (χ4v) is 2.58. The van der Waals surface area contributed by atoms with Crippen LogP contribution in [-0.4, -0.2) is 57.6 Å². The molecule has 0 aromatic carbocycles. The first-order valence-electron chi connectivity index (χ1n) is 6.25. The van der Waals surface area contributed by atoms with Gasteiger partial charge in [0.2, 0.25) is 21.8 Å². The van der Waals surface area contributed by atoms with Crippen molar-refractivity contribution >= 4 is 21.8 Å². The van der Waals surface area contributed by atoms with Crippen LogP contribution in [0.25, 0.3) is 0 Å². The third kappa shape index (κ3) is 6.53. The van der Waals surface area contributed by atoms with Crippen molar-refractivity contribution in [2.45, 2.75) is 19.8 Å². The van der Waals surface area contributed by atoms with Crippen LogP contribution < -0.4 is 10.0 Å². The second-order valence-electron chi connectivity index (χ2n) is 4.88. The van der Waals surface area contributed by atoms with Gasteiger partial charge in [-0.05, 0) is 18.8 Å². The third-order valence-electron chi connectivity index (χ3n) is 2.99. The van der Waals surface area contributed by atoms with Gasteiger partial charge in [-0.1, -0.05) is 0 Å². The molecule has 1 fully saturated rings. The van der Waals surface area contributed by atoms with E-state index in [-0.39, 0.29) is 24.3 Å². The van der Waals surface area contributed by atoms with Crippen LogP contribution >= 0.6 is 0 Å². The van der Waals surface area contributed by atoms with Crippen LogP contribution in [0.2, 0.25) is 0 Å². The molecule has 0 saturated carbocycles. The smallest absolute Gasteiger partial charge is 0.241 e. The highest BCUT2D eigenvalue weighted by Gasteiger charge is 2.24. The average molecular weight is 291 g/mol. The van der Waals surface area contributed by atoms with E-state index in [1.165, 1.54) is 6.92 Å². The molecule has 7 nitrogen and oxygen atoms in total. The number of likely N-dealkylation sites (tertiary alicyclic amines) is 1. The number of piperidine rings is 1. The Hall–Kier alpha value is -1.15. The van der Waals surface area contributed by atoms with Gasteiger partial charge in [0.25, 0.3) is 0 Å². The summed E-state index contributed by atoms with van der Waals surface area (Å²) >= 11 is 0. The highest BCUT2D eigenvalue weighted by molar-refractivity contribution is 7.88. The summed E-state index contributed by atoms with van der Waals surface area (Å²) in [4.78, 5) is 24.2. The summed E-state index contributed by atoms with van der Waals surface area (Å²) in [5.74, 6) is -0.232. The topological polar surface area (TPSA) is 95.6 Å². The fraction of sp³-hybridized carbons (Fsp3) is 0.818. The number of nitrogens with zero attached hydrogens (tertiary/aromatic N) is 1. The van der Waals surface area contributed by atoms with Gasteiger partial charge in [-0.15, -0.1) is 0 Å². The molecular weight excluding hydrogens is 270 g/mol. The van der Waals surface area contributed by atoms with E-state index in [9.17, 15) is 18.0 Å². The number of amides is 2. The van der Waals surface area contributed by atoms with Crippen molar-refractivity contribution in [3.8, 4) is 0 Å². The van der Waals surface area contributed by atoms with Crippen molar-refractivity contribution in [2.75, 3.05) is 32.4 Å². The summed E-state index contributed by atoms with van der Waals surface area (Å²) < 4.78 is 24.5. The molecule has 0 aromatic rings. The quantitative estimate of drug-likeness (QED) is 0.673. The molecule has 0 radical (unpaired) electrons. The highest BCUT2D eigenvalue weighted by atomic mass is 32.2. The SMILES string of the molecule is CC(=O)NCC(=O)N1CCC[C@@H](CNS(C)(=O)=O)C1. The largest absolute Gasteiger partial charge is 0.347 e. The van der Waals surface area contributed by atoms with Crippen molar-refractivity contribution < 1.29 is 18.0 Å². The first-order chi connectivity index (χ1) is 8.78. The Kier molecular flexibility index (Phi) is 5.74. The number of carbonyl (C=O) groups is 2. The summed E-state index contributed by atoms with van der Waals surface area (Å²) in [7, 11) is -3.19. The van der Waals surface area contributed by atoms with Gasteiger partial charge in [-0.2, -0.15) is 0 Å². The lowest BCUT2D eigenvalue weighted by molar-refractivity contribution is -0.134. The zero-order valence-electron chi connectivity index (χ0n) is 11.3. The molecule has 2 amide bonds. The van der Waals surface area contributed by atoms with E-state index in [1.54, 1.807) is 4.90 Å². The van der Waals surface area contributed by atoms with Crippen LogP contribution in [-0.2, 0) is 19.6 Å². The van der Waals surface area contributed by atoms with Crippen molar-refractivity contribution in [1.29, 1.82) is 0 Å². The number of rotatable bonds is 5. The standard InChI is InChI=1S/C11H21N3O4S/c1-9(15)12-7-11(16)14-5-3-4-10(8-14)6-13-19(2,17)18/h10,13H,3-8H2,1-2H3,(H,12,15)/t10-/m0/s1.